The quantitative estimate of drug-likeness (QED) is 0.674. The van der Waals surface area contributed by atoms with Crippen molar-refractivity contribution in [3.8, 4) is 0 Å². The molecule has 92 valence electrons. The number of alkyl halides is 3. The number of rotatable bonds is 3. The summed E-state index contributed by atoms with van der Waals surface area (Å²) in [5, 5.41) is -0.506. The molecule has 2 N–H and O–H groups in total. The zero-order chi connectivity index (χ0) is 13.2. The van der Waals surface area contributed by atoms with Crippen LogP contribution in [0.15, 0.2) is 18.2 Å². The van der Waals surface area contributed by atoms with Crippen molar-refractivity contribution in [2.45, 2.75) is 12.6 Å². The summed E-state index contributed by atoms with van der Waals surface area (Å²) in [6, 6.07) is 2.68. The van der Waals surface area contributed by atoms with Crippen LogP contribution in [0.1, 0.15) is 22.3 Å². The van der Waals surface area contributed by atoms with Gasteiger partial charge in [0, 0.05) is 5.56 Å². The molecule has 0 bridgehead atoms. The number of nitrogens with two attached hydrogens (primary N) is 1. The number of amides is 1. The highest BCUT2D eigenvalue weighted by molar-refractivity contribution is 6.31. The molecule has 0 spiro atoms. The molecule has 3 nitrogen and oxygen atoms in total. The average molecular weight is 266 g/mol. The van der Waals surface area contributed by atoms with Gasteiger partial charge < -0.3 is 5.73 Å². The maximum absolute atomic E-state index is 12.5. The molecule has 0 saturated heterocycles. The summed E-state index contributed by atoms with van der Waals surface area (Å²) in [6.07, 6.45) is -5.29. The van der Waals surface area contributed by atoms with Gasteiger partial charge in [-0.05, 0) is 18.2 Å². The van der Waals surface area contributed by atoms with E-state index in [2.05, 4.69) is 0 Å². The Bertz CT molecular complexity index is 471. The molecule has 1 aromatic rings. The van der Waals surface area contributed by atoms with Crippen molar-refractivity contribution in [3.63, 3.8) is 0 Å². The maximum atomic E-state index is 12.5. The zero-order valence-electron chi connectivity index (χ0n) is 8.34. The molecule has 1 rings (SSSR count). The number of Topliss-reactive ketones (excluding diaryl/α,β-unsaturated/α-hetero) is 1. The average Bonchev–Trinajstić information content (AvgIpc) is 2.15. The van der Waals surface area contributed by atoms with Crippen molar-refractivity contribution in [3.05, 3.63) is 34.3 Å². The first-order chi connectivity index (χ1) is 7.71. The fraction of sp³-hybridized carbons (Fsp3) is 0.200. The van der Waals surface area contributed by atoms with E-state index < -0.39 is 34.9 Å². The summed E-state index contributed by atoms with van der Waals surface area (Å²) in [4.78, 5) is 21.8. The molecule has 0 atom stereocenters. The normalized spacial score (nSPS) is 11.3. The smallest absolute Gasteiger partial charge is 0.369 e. The van der Waals surface area contributed by atoms with Gasteiger partial charge in [0.2, 0.25) is 5.91 Å². The highest BCUT2D eigenvalue weighted by Crippen LogP contribution is 2.35. The van der Waals surface area contributed by atoms with E-state index in [1.807, 2.05) is 0 Å². The van der Waals surface area contributed by atoms with E-state index in [1.165, 1.54) is 0 Å². The number of carbonyl (C=O) groups excluding carboxylic acids is 2. The van der Waals surface area contributed by atoms with E-state index in [9.17, 15) is 22.8 Å². The lowest BCUT2D eigenvalue weighted by molar-refractivity contribution is -0.137. The van der Waals surface area contributed by atoms with Gasteiger partial charge in [0.05, 0.1) is 17.0 Å². The molecule has 1 amide bonds. The number of ketones is 1. The summed E-state index contributed by atoms with van der Waals surface area (Å²) < 4.78 is 37.4. The topological polar surface area (TPSA) is 60.2 Å². The second kappa shape index (κ2) is 4.75. The zero-order valence-corrected chi connectivity index (χ0v) is 9.10. The second-order valence-corrected chi connectivity index (χ2v) is 3.67. The van der Waals surface area contributed by atoms with Gasteiger partial charge in [0.1, 0.15) is 0 Å². The molecule has 0 unspecified atom stereocenters. The highest BCUT2D eigenvalue weighted by atomic mass is 35.5. The van der Waals surface area contributed by atoms with Crippen LogP contribution in [-0.2, 0) is 11.0 Å². The number of benzene rings is 1. The van der Waals surface area contributed by atoms with Crippen LogP contribution in [-0.4, -0.2) is 11.7 Å². The Hall–Kier alpha value is -1.56. The van der Waals surface area contributed by atoms with Crippen LogP contribution in [0.4, 0.5) is 13.2 Å². The monoisotopic (exact) mass is 265 g/mol. The molecule has 0 saturated carbocycles. The van der Waals surface area contributed by atoms with Gasteiger partial charge in [-0.2, -0.15) is 13.2 Å². The lowest BCUT2D eigenvalue weighted by atomic mass is 10.0. The Morgan fingerprint density at radius 2 is 1.88 bits per heavy atom. The van der Waals surface area contributed by atoms with E-state index in [0.29, 0.717) is 6.07 Å². The van der Waals surface area contributed by atoms with Crippen LogP contribution < -0.4 is 5.73 Å². The van der Waals surface area contributed by atoms with Gasteiger partial charge >= 0.3 is 6.18 Å². The van der Waals surface area contributed by atoms with Crippen molar-refractivity contribution in [2.24, 2.45) is 5.73 Å². The fourth-order valence-electron chi connectivity index (χ4n) is 1.18. The Balaban J connectivity index is 3.13. The molecule has 0 heterocycles. The first-order valence-electron chi connectivity index (χ1n) is 4.40. The summed E-state index contributed by atoms with van der Waals surface area (Å²) >= 11 is 5.37. The van der Waals surface area contributed by atoms with Gasteiger partial charge in [-0.3, -0.25) is 9.59 Å². The van der Waals surface area contributed by atoms with Crippen molar-refractivity contribution in [1.29, 1.82) is 0 Å². The van der Waals surface area contributed by atoms with Crippen LogP contribution in [0.25, 0.3) is 0 Å². The Morgan fingerprint density at radius 1 is 1.29 bits per heavy atom. The molecular formula is C10H7ClF3NO2. The van der Waals surface area contributed by atoms with Gasteiger partial charge in [0.25, 0.3) is 0 Å². The molecule has 7 heteroatoms. The van der Waals surface area contributed by atoms with Crippen LogP contribution >= 0.6 is 11.6 Å². The fourth-order valence-corrected chi connectivity index (χ4v) is 1.40. The van der Waals surface area contributed by atoms with E-state index in [-0.39, 0.29) is 5.56 Å². The minimum atomic E-state index is -4.65. The number of hydrogen-bond donors (Lipinski definition) is 1. The van der Waals surface area contributed by atoms with Crippen molar-refractivity contribution >= 4 is 23.3 Å². The van der Waals surface area contributed by atoms with E-state index >= 15 is 0 Å². The molecule has 0 radical (unpaired) electrons. The van der Waals surface area contributed by atoms with Gasteiger partial charge in [-0.25, -0.2) is 0 Å². The largest absolute Gasteiger partial charge is 0.417 e. The van der Waals surface area contributed by atoms with Crippen LogP contribution in [0, 0.1) is 0 Å². The van der Waals surface area contributed by atoms with Gasteiger partial charge in [-0.1, -0.05) is 11.6 Å². The molecule has 0 aliphatic heterocycles. The predicted molar refractivity (Wildman–Crippen MR) is 54.6 cm³/mol. The predicted octanol–water partition coefficient (Wildman–Crippen LogP) is 2.42. The third kappa shape index (κ3) is 3.45. The SMILES string of the molecule is NC(=O)CC(=O)c1ccc(Cl)c(C(F)(F)F)c1. The third-order valence-electron chi connectivity index (χ3n) is 1.93. The van der Waals surface area contributed by atoms with Crippen molar-refractivity contribution in [1.82, 2.24) is 0 Å². The molecule has 0 aromatic heterocycles. The van der Waals surface area contributed by atoms with Crippen LogP contribution in [0.2, 0.25) is 5.02 Å². The summed E-state index contributed by atoms with van der Waals surface area (Å²) in [6.45, 7) is 0. The number of halogens is 4. The first kappa shape index (κ1) is 13.5. The minimum Gasteiger partial charge on any atom is -0.369 e. The van der Waals surface area contributed by atoms with Gasteiger partial charge in [-0.15, -0.1) is 0 Å². The lowest BCUT2D eigenvalue weighted by Crippen LogP contribution is -2.17. The van der Waals surface area contributed by atoms with E-state index in [1.54, 1.807) is 0 Å². The summed E-state index contributed by atoms with van der Waals surface area (Å²) in [7, 11) is 0. The Labute approximate surface area is 99.4 Å². The highest BCUT2D eigenvalue weighted by Gasteiger charge is 2.33. The molecule has 0 fully saturated rings. The second-order valence-electron chi connectivity index (χ2n) is 3.26. The lowest BCUT2D eigenvalue weighted by Gasteiger charge is -2.10. The molecular weight excluding hydrogens is 259 g/mol. The third-order valence-corrected chi connectivity index (χ3v) is 2.26. The molecule has 0 aliphatic rings. The summed E-state index contributed by atoms with van der Waals surface area (Å²) in [5.41, 5.74) is 3.41. The Morgan fingerprint density at radius 3 is 2.35 bits per heavy atom. The molecule has 0 aliphatic carbocycles. The van der Waals surface area contributed by atoms with E-state index in [4.69, 9.17) is 17.3 Å². The molecule has 1 aromatic carbocycles. The van der Waals surface area contributed by atoms with Crippen molar-refractivity contribution in [2.75, 3.05) is 0 Å². The van der Waals surface area contributed by atoms with Crippen LogP contribution in [0.3, 0.4) is 0 Å². The standard InChI is InChI=1S/C10H7ClF3NO2/c11-7-2-1-5(8(16)4-9(15)17)3-6(7)10(12,13)14/h1-3H,4H2,(H2,15,17). The van der Waals surface area contributed by atoms with E-state index in [0.717, 1.165) is 12.1 Å². The van der Waals surface area contributed by atoms with Crippen molar-refractivity contribution < 1.29 is 22.8 Å². The maximum Gasteiger partial charge on any atom is 0.417 e. The van der Waals surface area contributed by atoms with Gasteiger partial charge in [0.15, 0.2) is 5.78 Å². The Kier molecular flexibility index (Phi) is 3.77. The number of carbonyl (C=O) groups is 2. The number of hydrogen-bond acceptors (Lipinski definition) is 2. The molecule has 17 heavy (non-hydrogen) atoms. The number of primary amides is 1. The first-order valence-corrected chi connectivity index (χ1v) is 4.78. The minimum absolute atomic E-state index is 0.250. The van der Waals surface area contributed by atoms with Crippen LogP contribution in [0.5, 0.6) is 0 Å². The summed E-state index contributed by atoms with van der Waals surface area (Å²) in [5.74, 6) is -1.68.